The third kappa shape index (κ3) is 4.58. The highest BCUT2D eigenvalue weighted by molar-refractivity contribution is 7.15. The summed E-state index contributed by atoms with van der Waals surface area (Å²) in [4.78, 5) is 12.6. The summed E-state index contributed by atoms with van der Waals surface area (Å²) < 4.78 is 16.8. The van der Waals surface area contributed by atoms with Crippen molar-refractivity contribution < 1.29 is 19.0 Å². The van der Waals surface area contributed by atoms with Crippen LogP contribution in [0, 0.1) is 0 Å². The Morgan fingerprint density at radius 1 is 1.07 bits per heavy atom. The summed E-state index contributed by atoms with van der Waals surface area (Å²) in [6.07, 6.45) is 0.767. The van der Waals surface area contributed by atoms with Crippen molar-refractivity contribution >= 4 is 22.4 Å². The molecule has 0 aliphatic heterocycles. The number of anilines is 1. The Bertz CT molecular complexity index is 919. The predicted molar refractivity (Wildman–Crippen MR) is 108 cm³/mol. The molecule has 146 valence electrons. The number of amides is 1. The molecule has 1 N–H and O–H groups in total. The zero-order valence-electron chi connectivity index (χ0n) is 15.9. The van der Waals surface area contributed by atoms with E-state index in [1.165, 1.54) is 25.6 Å². The largest absolute Gasteiger partial charge is 0.493 e. The van der Waals surface area contributed by atoms with Crippen molar-refractivity contribution in [3.63, 3.8) is 0 Å². The van der Waals surface area contributed by atoms with Gasteiger partial charge in [-0.15, -0.1) is 10.2 Å². The smallest absolute Gasteiger partial charge is 0.257 e. The Kier molecular flexibility index (Phi) is 6.44. The molecule has 0 aliphatic rings. The van der Waals surface area contributed by atoms with Gasteiger partial charge in [-0.25, -0.2) is 0 Å². The number of nitrogens with one attached hydrogen (secondary N) is 1. The molecule has 0 atom stereocenters. The molecule has 1 amide bonds. The van der Waals surface area contributed by atoms with Crippen molar-refractivity contribution in [2.75, 3.05) is 19.5 Å². The van der Waals surface area contributed by atoms with Gasteiger partial charge in [-0.3, -0.25) is 10.1 Å². The van der Waals surface area contributed by atoms with Gasteiger partial charge in [-0.1, -0.05) is 48.6 Å². The van der Waals surface area contributed by atoms with Crippen LogP contribution in [0.5, 0.6) is 17.2 Å². The van der Waals surface area contributed by atoms with E-state index in [2.05, 4.69) is 15.5 Å². The van der Waals surface area contributed by atoms with E-state index in [-0.39, 0.29) is 5.91 Å². The van der Waals surface area contributed by atoms with Gasteiger partial charge in [0, 0.05) is 5.56 Å². The summed E-state index contributed by atoms with van der Waals surface area (Å²) in [7, 11) is 3.04. The van der Waals surface area contributed by atoms with Gasteiger partial charge < -0.3 is 14.2 Å². The van der Waals surface area contributed by atoms with Crippen molar-refractivity contribution in [3.05, 3.63) is 58.6 Å². The Labute approximate surface area is 167 Å². The van der Waals surface area contributed by atoms with Crippen LogP contribution in [0.3, 0.4) is 0 Å². The SMILES string of the molecule is CCc1nnc(NC(=O)c2cc(OC)c(OCc3ccccc3)c(OC)c2)s1. The molecule has 0 aliphatic carbocycles. The van der Waals surface area contributed by atoms with Crippen LogP contribution < -0.4 is 19.5 Å². The molecular weight excluding hydrogens is 378 g/mol. The van der Waals surface area contributed by atoms with Crippen molar-refractivity contribution in [2.24, 2.45) is 0 Å². The van der Waals surface area contributed by atoms with Gasteiger partial charge in [0.05, 0.1) is 14.2 Å². The number of carbonyl (C=O) groups is 1. The van der Waals surface area contributed by atoms with Gasteiger partial charge in [-0.05, 0) is 24.1 Å². The van der Waals surface area contributed by atoms with Gasteiger partial charge in [0.25, 0.3) is 5.91 Å². The number of benzene rings is 2. The first-order valence-corrected chi connectivity index (χ1v) is 9.52. The monoisotopic (exact) mass is 399 g/mol. The molecule has 28 heavy (non-hydrogen) atoms. The average Bonchev–Trinajstić information content (AvgIpc) is 3.19. The Balaban J connectivity index is 1.82. The number of aryl methyl sites for hydroxylation is 1. The third-order valence-corrected chi connectivity index (χ3v) is 4.92. The fourth-order valence-corrected chi connectivity index (χ4v) is 3.17. The average molecular weight is 399 g/mol. The molecule has 0 saturated carbocycles. The normalized spacial score (nSPS) is 10.4. The molecule has 0 spiro atoms. The number of hydrogen-bond donors (Lipinski definition) is 1. The molecule has 0 fully saturated rings. The molecule has 3 rings (SSSR count). The van der Waals surface area contributed by atoms with E-state index < -0.39 is 0 Å². The number of nitrogens with zero attached hydrogens (tertiary/aromatic N) is 2. The van der Waals surface area contributed by atoms with Crippen LogP contribution in [-0.2, 0) is 13.0 Å². The zero-order valence-corrected chi connectivity index (χ0v) is 16.7. The minimum absolute atomic E-state index is 0.329. The Morgan fingerprint density at radius 3 is 2.32 bits per heavy atom. The minimum Gasteiger partial charge on any atom is -0.493 e. The number of hydrogen-bond acceptors (Lipinski definition) is 7. The predicted octanol–water partition coefficient (Wildman–Crippen LogP) is 3.95. The first-order chi connectivity index (χ1) is 13.6. The number of methoxy groups -OCH3 is 2. The molecule has 7 nitrogen and oxygen atoms in total. The highest BCUT2D eigenvalue weighted by Gasteiger charge is 2.19. The first-order valence-electron chi connectivity index (χ1n) is 8.71. The van der Waals surface area contributed by atoms with Gasteiger partial charge in [0.2, 0.25) is 10.9 Å². The molecule has 3 aromatic rings. The highest BCUT2D eigenvalue weighted by Crippen LogP contribution is 2.39. The fraction of sp³-hybridized carbons (Fsp3) is 0.250. The lowest BCUT2D eigenvalue weighted by Crippen LogP contribution is -2.12. The highest BCUT2D eigenvalue weighted by atomic mass is 32.1. The van der Waals surface area contributed by atoms with Crippen molar-refractivity contribution in [1.82, 2.24) is 10.2 Å². The van der Waals surface area contributed by atoms with E-state index in [0.717, 1.165) is 17.0 Å². The summed E-state index contributed by atoms with van der Waals surface area (Å²) in [6.45, 7) is 2.33. The summed E-state index contributed by atoms with van der Waals surface area (Å²) in [6, 6.07) is 13.0. The van der Waals surface area contributed by atoms with Crippen LogP contribution in [0.25, 0.3) is 0 Å². The van der Waals surface area contributed by atoms with Crippen molar-refractivity contribution in [1.29, 1.82) is 0 Å². The Morgan fingerprint density at radius 2 is 1.75 bits per heavy atom. The van der Waals surface area contributed by atoms with Crippen LogP contribution in [0.2, 0.25) is 0 Å². The minimum atomic E-state index is -0.329. The molecule has 1 heterocycles. The summed E-state index contributed by atoms with van der Waals surface area (Å²) in [5, 5.41) is 12.0. The molecule has 0 saturated heterocycles. The van der Waals surface area contributed by atoms with E-state index >= 15 is 0 Å². The van der Waals surface area contributed by atoms with E-state index in [1.54, 1.807) is 12.1 Å². The number of ether oxygens (including phenoxy) is 3. The molecule has 2 aromatic carbocycles. The second-order valence-electron chi connectivity index (χ2n) is 5.79. The summed E-state index contributed by atoms with van der Waals surface area (Å²) in [5.41, 5.74) is 1.38. The number of rotatable bonds is 8. The molecule has 8 heteroatoms. The Hall–Kier alpha value is -3.13. The van der Waals surface area contributed by atoms with E-state index in [1.807, 2.05) is 37.3 Å². The maximum absolute atomic E-state index is 12.6. The van der Waals surface area contributed by atoms with E-state index in [9.17, 15) is 4.79 Å². The quantitative estimate of drug-likeness (QED) is 0.618. The number of aromatic nitrogens is 2. The standard InChI is InChI=1S/C20H21N3O4S/c1-4-17-22-23-20(28-17)21-19(24)14-10-15(25-2)18(16(11-14)26-3)27-12-13-8-6-5-7-9-13/h5-11H,4,12H2,1-3H3,(H,21,23,24). The fourth-order valence-electron chi connectivity index (χ4n) is 2.50. The van der Waals surface area contributed by atoms with E-state index in [0.29, 0.717) is 34.6 Å². The van der Waals surface area contributed by atoms with Crippen molar-refractivity contribution in [3.8, 4) is 17.2 Å². The summed E-state index contributed by atoms with van der Waals surface area (Å²) in [5.74, 6) is 0.929. The van der Waals surface area contributed by atoms with Crippen LogP contribution in [0.1, 0.15) is 27.9 Å². The lowest BCUT2D eigenvalue weighted by molar-refractivity contribution is 0.102. The first kappa shape index (κ1) is 19.6. The zero-order chi connectivity index (χ0) is 19.9. The van der Waals surface area contributed by atoms with E-state index in [4.69, 9.17) is 14.2 Å². The lowest BCUT2D eigenvalue weighted by atomic mass is 10.1. The molecule has 1 aromatic heterocycles. The second-order valence-corrected chi connectivity index (χ2v) is 6.85. The van der Waals surface area contributed by atoms with Crippen LogP contribution in [-0.4, -0.2) is 30.3 Å². The molecule has 0 bridgehead atoms. The van der Waals surface area contributed by atoms with Crippen LogP contribution in [0.15, 0.2) is 42.5 Å². The molecule has 0 unspecified atom stereocenters. The maximum atomic E-state index is 12.6. The molecular formula is C20H21N3O4S. The lowest BCUT2D eigenvalue weighted by Gasteiger charge is -2.16. The topological polar surface area (TPSA) is 82.6 Å². The second kappa shape index (κ2) is 9.18. The maximum Gasteiger partial charge on any atom is 0.257 e. The van der Waals surface area contributed by atoms with Crippen LogP contribution >= 0.6 is 11.3 Å². The van der Waals surface area contributed by atoms with Crippen LogP contribution in [0.4, 0.5) is 5.13 Å². The van der Waals surface area contributed by atoms with Crippen molar-refractivity contribution in [2.45, 2.75) is 20.0 Å². The van der Waals surface area contributed by atoms with Gasteiger partial charge in [-0.2, -0.15) is 0 Å². The molecule has 0 radical (unpaired) electrons. The van der Waals surface area contributed by atoms with Gasteiger partial charge in [0.1, 0.15) is 11.6 Å². The summed E-state index contributed by atoms with van der Waals surface area (Å²) >= 11 is 1.34. The van der Waals surface area contributed by atoms with Gasteiger partial charge in [0.15, 0.2) is 11.5 Å². The number of carbonyl (C=O) groups excluding carboxylic acids is 1. The van der Waals surface area contributed by atoms with Gasteiger partial charge >= 0.3 is 0 Å². The third-order valence-electron chi connectivity index (χ3n) is 3.94.